The maximum Gasteiger partial charge on any atom is 0.294 e. The molecule has 1 fully saturated rings. The number of ether oxygens (including phenoxy) is 1. The lowest BCUT2D eigenvalue weighted by Gasteiger charge is -2.37. The van der Waals surface area contributed by atoms with Gasteiger partial charge in [-0.1, -0.05) is 54.5 Å². The van der Waals surface area contributed by atoms with Crippen LogP contribution in [0.15, 0.2) is 30.3 Å². The highest BCUT2D eigenvalue weighted by atomic mass is 32.1. The van der Waals surface area contributed by atoms with Crippen LogP contribution in [0.3, 0.4) is 0 Å². The molecule has 1 aromatic carbocycles. The second-order valence-corrected chi connectivity index (χ2v) is 7.37. The van der Waals surface area contributed by atoms with Gasteiger partial charge in [0.1, 0.15) is 5.01 Å². The van der Waals surface area contributed by atoms with E-state index in [2.05, 4.69) is 39.8 Å². The van der Waals surface area contributed by atoms with E-state index in [0.29, 0.717) is 18.3 Å². The van der Waals surface area contributed by atoms with Crippen molar-refractivity contribution in [1.29, 1.82) is 0 Å². The van der Waals surface area contributed by atoms with Crippen LogP contribution in [0.5, 0.6) is 5.19 Å². The van der Waals surface area contributed by atoms with Crippen molar-refractivity contribution < 1.29 is 9.84 Å². The molecule has 130 valence electrons. The standard InChI is InChI=1S/C18H25N3O2S/c1-2-23-17-21-20-15(24-17)12-19-16(14-8-4-3-5-9-14)18(13-22)10-6-7-11-18/h3-5,8-9,16,19,22H,2,6-7,10-13H2,1H3. The molecule has 1 aliphatic carbocycles. The van der Waals surface area contributed by atoms with Crippen LogP contribution in [0.2, 0.25) is 0 Å². The van der Waals surface area contributed by atoms with Crippen LogP contribution >= 0.6 is 11.3 Å². The van der Waals surface area contributed by atoms with Gasteiger partial charge in [0.05, 0.1) is 19.8 Å². The largest absolute Gasteiger partial charge is 0.469 e. The fourth-order valence-electron chi connectivity index (χ4n) is 3.63. The SMILES string of the molecule is CCOc1nnc(CNC(c2ccccc2)C2(CO)CCCC2)s1. The van der Waals surface area contributed by atoms with Gasteiger partial charge in [0.2, 0.25) is 0 Å². The molecule has 1 saturated carbocycles. The Hall–Kier alpha value is -1.50. The lowest BCUT2D eigenvalue weighted by Crippen LogP contribution is -2.39. The normalized spacial score (nSPS) is 17.8. The van der Waals surface area contributed by atoms with Crippen molar-refractivity contribution in [2.75, 3.05) is 13.2 Å². The summed E-state index contributed by atoms with van der Waals surface area (Å²) < 4.78 is 5.40. The third-order valence-corrected chi connectivity index (χ3v) is 5.67. The van der Waals surface area contributed by atoms with Crippen molar-refractivity contribution in [1.82, 2.24) is 15.5 Å². The summed E-state index contributed by atoms with van der Waals surface area (Å²) in [6, 6.07) is 10.5. The first kappa shape index (κ1) is 17.3. The van der Waals surface area contributed by atoms with E-state index in [9.17, 15) is 5.11 Å². The Labute approximate surface area is 147 Å². The van der Waals surface area contributed by atoms with Gasteiger partial charge in [0, 0.05) is 11.5 Å². The van der Waals surface area contributed by atoms with E-state index in [1.54, 1.807) is 0 Å². The van der Waals surface area contributed by atoms with Gasteiger partial charge in [0.15, 0.2) is 0 Å². The molecule has 1 aromatic heterocycles. The lowest BCUT2D eigenvalue weighted by atomic mass is 9.76. The molecule has 24 heavy (non-hydrogen) atoms. The van der Waals surface area contributed by atoms with Gasteiger partial charge >= 0.3 is 0 Å². The van der Waals surface area contributed by atoms with Crippen LogP contribution < -0.4 is 10.1 Å². The second kappa shape index (κ2) is 8.05. The highest BCUT2D eigenvalue weighted by Crippen LogP contribution is 2.47. The quantitative estimate of drug-likeness (QED) is 0.767. The van der Waals surface area contributed by atoms with Gasteiger partial charge in [-0.15, -0.1) is 10.2 Å². The Morgan fingerprint density at radius 3 is 2.67 bits per heavy atom. The number of aliphatic hydroxyl groups excluding tert-OH is 1. The molecular formula is C18H25N3O2S. The van der Waals surface area contributed by atoms with Gasteiger partial charge in [-0.25, -0.2) is 0 Å². The summed E-state index contributed by atoms with van der Waals surface area (Å²) in [5, 5.41) is 23.5. The molecule has 1 unspecified atom stereocenters. The van der Waals surface area contributed by atoms with E-state index in [1.807, 2.05) is 13.0 Å². The first-order valence-corrected chi connectivity index (χ1v) is 9.43. The maximum absolute atomic E-state index is 10.1. The molecule has 0 saturated heterocycles. The number of hydrogen-bond acceptors (Lipinski definition) is 6. The van der Waals surface area contributed by atoms with E-state index in [-0.39, 0.29) is 18.1 Å². The summed E-state index contributed by atoms with van der Waals surface area (Å²) in [7, 11) is 0. The van der Waals surface area contributed by atoms with Crippen LogP contribution in [0.25, 0.3) is 0 Å². The molecule has 0 aliphatic heterocycles. The average Bonchev–Trinajstić information content (AvgIpc) is 3.27. The zero-order chi connectivity index (χ0) is 16.8. The minimum atomic E-state index is -0.0885. The number of aromatic nitrogens is 2. The average molecular weight is 347 g/mol. The third kappa shape index (κ3) is 3.77. The van der Waals surface area contributed by atoms with E-state index in [4.69, 9.17) is 4.74 Å². The summed E-state index contributed by atoms with van der Waals surface area (Å²) in [6.45, 7) is 3.38. The number of nitrogens with one attached hydrogen (secondary N) is 1. The Morgan fingerprint density at radius 2 is 2.00 bits per heavy atom. The fourth-order valence-corrected chi connectivity index (χ4v) is 4.33. The minimum Gasteiger partial charge on any atom is -0.469 e. The molecule has 6 heteroatoms. The molecule has 0 spiro atoms. The van der Waals surface area contributed by atoms with Crippen LogP contribution in [-0.4, -0.2) is 28.5 Å². The van der Waals surface area contributed by atoms with E-state index >= 15 is 0 Å². The predicted octanol–water partition coefficient (Wildman–Crippen LogP) is 3.32. The Bertz CT molecular complexity index is 626. The number of nitrogens with zero attached hydrogens (tertiary/aromatic N) is 2. The molecular weight excluding hydrogens is 322 g/mol. The van der Waals surface area contributed by atoms with Gasteiger partial charge in [-0.2, -0.15) is 0 Å². The van der Waals surface area contributed by atoms with Gasteiger partial charge in [0.25, 0.3) is 5.19 Å². The molecule has 2 aromatic rings. The summed E-state index contributed by atoms with van der Waals surface area (Å²) in [6.07, 6.45) is 4.46. The molecule has 5 nitrogen and oxygen atoms in total. The molecule has 3 rings (SSSR count). The summed E-state index contributed by atoms with van der Waals surface area (Å²) in [5.41, 5.74) is 1.14. The van der Waals surface area contributed by atoms with Gasteiger partial charge in [-0.3, -0.25) is 0 Å². The van der Waals surface area contributed by atoms with Crippen molar-refractivity contribution in [3.8, 4) is 5.19 Å². The van der Waals surface area contributed by atoms with Crippen LogP contribution in [-0.2, 0) is 6.54 Å². The zero-order valence-electron chi connectivity index (χ0n) is 14.1. The maximum atomic E-state index is 10.1. The smallest absolute Gasteiger partial charge is 0.294 e. The molecule has 0 amide bonds. The second-order valence-electron chi connectivity index (χ2n) is 6.35. The monoisotopic (exact) mass is 347 g/mol. The molecule has 0 radical (unpaired) electrons. The minimum absolute atomic E-state index is 0.0885. The van der Waals surface area contributed by atoms with Crippen molar-refractivity contribution >= 4 is 11.3 Å². The molecule has 2 N–H and O–H groups in total. The molecule has 1 aliphatic rings. The lowest BCUT2D eigenvalue weighted by molar-refractivity contribution is 0.0850. The van der Waals surface area contributed by atoms with E-state index in [0.717, 1.165) is 17.8 Å². The van der Waals surface area contributed by atoms with Crippen LogP contribution in [0.1, 0.15) is 49.2 Å². The summed E-state index contributed by atoms with van der Waals surface area (Å²) in [5.74, 6) is 0. The molecule has 0 bridgehead atoms. The van der Waals surface area contributed by atoms with Crippen molar-refractivity contribution in [2.45, 2.75) is 45.2 Å². The number of aliphatic hydroxyl groups is 1. The highest BCUT2D eigenvalue weighted by molar-refractivity contribution is 7.13. The van der Waals surface area contributed by atoms with E-state index < -0.39 is 0 Å². The Balaban J connectivity index is 1.77. The van der Waals surface area contributed by atoms with Crippen molar-refractivity contribution in [3.63, 3.8) is 0 Å². The Morgan fingerprint density at radius 1 is 1.25 bits per heavy atom. The van der Waals surface area contributed by atoms with Crippen LogP contribution in [0.4, 0.5) is 0 Å². The zero-order valence-corrected chi connectivity index (χ0v) is 14.9. The third-order valence-electron chi connectivity index (χ3n) is 4.83. The number of benzene rings is 1. The van der Waals surface area contributed by atoms with Crippen molar-refractivity contribution in [2.24, 2.45) is 5.41 Å². The van der Waals surface area contributed by atoms with Crippen molar-refractivity contribution in [3.05, 3.63) is 40.9 Å². The first-order valence-electron chi connectivity index (χ1n) is 8.62. The number of hydrogen-bond donors (Lipinski definition) is 2. The number of rotatable bonds is 8. The first-order chi connectivity index (χ1) is 11.8. The Kier molecular flexibility index (Phi) is 5.81. The topological polar surface area (TPSA) is 67.3 Å². The highest BCUT2D eigenvalue weighted by Gasteiger charge is 2.41. The van der Waals surface area contributed by atoms with E-state index in [1.165, 1.54) is 29.7 Å². The molecule has 1 heterocycles. The summed E-state index contributed by atoms with van der Waals surface area (Å²) >= 11 is 1.47. The summed E-state index contributed by atoms with van der Waals surface area (Å²) in [4.78, 5) is 0. The van der Waals surface area contributed by atoms with Crippen LogP contribution in [0, 0.1) is 5.41 Å². The predicted molar refractivity (Wildman–Crippen MR) is 95.1 cm³/mol. The van der Waals surface area contributed by atoms with Gasteiger partial charge in [-0.05, 0) is 25.3 Å². The fraction of sp³-hybridized carbons (Fsp3) is 0.556. The molecule has 1 atom stereocenters. The van der Waals surface area contributed by atoms with Gasteiger partial charge < -0.3 is 15.2 Å².